The highest BCUT2D eigenvalue weighted by atomic mass is 79.9. The summed E-state index contributed by atoms with van der Waals surface area (Å²) in [5.74, 6) is -1.33. The van der Waals surface area contributed by atoms with Crippen molar-refractivity contribution in [1.82, 2.24) is 0 Å². The Morgan fingerprint density at radius 2 is 2.16 bits per heavy atom. The van der Waals surface area contributed by atoms with Crippen LogP contribution in [0.4, 0.5) is 15.8 Å². The molecule has 0 aliphatic rings. The maximum absolute atomic E-state index is 13.6. The highest BCUT2D eigenvalue weighted by molar-refractivity contribution is 9.11. The summed E-state index contributed by atoms with van der Waals surface area (Å²) in [7, 11) is 0. The van der Waals surface area contributed by atoms with Crippen LogP contribution in [0.25, 0.3) is 0 Å². The normalized spacial score (nSPS) is 10.2. The third kappa shape index (κ3) is 3.15. The molecule has 0 aliphatic heterocycles. The first-order valence-corrected chi connectivity index (χ1v) is 6.64. The van der Waals surface area contributed by atoms with Gasteiger partial charge in [0.1, 0.15) is 0 Å². The van der Waals surface area contributed by atoms with Gasteiger partial charge in [-0.25, -0.2) is 4.39 Å². The van der Waals surface area contributed by atoms with Crippen molar-refractivity contribution in [3.05, 3.63) is 54.9 Å². The fourth-order valence-electron chi connectivity index (χ4n) is 1.34. The highest BCUT2D eigenvalue weighted by Crippen LogP contribution is 2.24. The van der Waals surface area contributed by atoms with Crippen molar-refractivity contribution in [3.63, 3.8) is 0 Å². The average Bonchev–Trinajstić information content (AvgIpc) is 2.78. The second-order valence-corrected chi connectivity index (χ2v) is 5.81. The molecule has 5 nitrogen and oxygen atoms in total. The van der Waals surface area contributed by atoms with Crippen molar-refractivity contribution in [2.24, 2.45) is 0 Å². The van der Waals surface area contributed by atoms with Crippen molar-refractivity contribution in [2.45, 2.75) is 0 Å². The quantitative estimate of drug-likeness (QED) is 0.679. The molecule has 8 heteroatoms. The molecule has 19 heavy (non-hydrogen) atoms. The molecule has 1 aromatic carbocycles. The van der Waals surface area contributed by atoms with Crippen LogP contribution >= 0.6 is 27.3 Å². The van der Waals surface area contributed by atoms with E-state index in [1.54, 1.807) is 11.4 Å². The van der Waals surface area contributed by atoms with E-state index in [0.717, 1.165) is 22.0 Å². The van der Waals surface area contributed by atoms with Gasteiger partial charge in [-0.15, -0.1) is 11.3 Å². The number of nitro benzene ring substituents is 1. The summed E-state index contributed by atoms with van der Waals surface area (Å²) in [6.45, 7) is 0. The van der Waals surface area contributed by atoms with Gasteiger partial charge in [-0.2, -0.15) is 0 Å². The average molecular weight is 345 g/mol. The molecular formula is C11H6BrFN2O3S. The zero-order valence-corrected chi connectivity index (χ0v) is 11.6. The van der Waals surface area contributed by atoms with E-state index in [4.69, 9.17) is 0 Å². The summed E-state index contributed by atoms with van der Waals surface area (Å²) in [5.41, 5.74) is -0.0821. The molecule has 0 aliphatic carbocycles. The van der Waals surface area contributed by atoms with Crippen LogP contribution in [0.2, 0.25) is 0 Å². The van der Waals surface area contributed by atoms with Crippen LogP contribution in [0.1, 0.15) is 10.4 Å². The first-order chi connectivity index (χ1) is 8.97. The molecule has 0 fully saturated rings. The second-order valence-electron chi connectivity index (χ2n) is 3.51. The number of nitrogens with zero attached hydrogens (tertiary/aromatic N) is 1. The SMILES string of the molecule is O=C(Nc1ccc([N+](=O)[O-])cc1F)c1csc(Br)c1. The number of nitrogens with one attached hydrogen (secondary N) is 1. The van der Waals surface area contributed by atoms with Crippen LogP contribution < -0.4 is 5.32 Å². The van der Waals surface area contributed by atoms with Gasteiger partial charge in [0.15, 0.2) is 5.82 Å². The molecule has 0 saturated heterocycles. The Hall–Kier alpha value is -1.80. The smallest absolute Gasteiger partial charge is 0.272 e. The van der Waals surface area contributed by atoms with Crippen molar-refractivity contribution in [3.8, 4) is 0 Å². The van der Waals surface area contributed by atoms with E-state index >= 15 is 0 Å². The zero-order valence-electron chi connectivity index (χ0n) is 9.22. The molecule has 2 rings (SSSR count). The van der Waals surface area contributed by atoms with Crippen molar-refractivity contribution >= 4 is 44.5 Å². The minimum absolute atomic E-state index is 0.0991. The second kappa shape index (κ2) is 5.45. The summed E-state index contributed by atoms with van der Waals surface area (Å²) in [6, 6.07) is 4.65. The Morgan fingerprint density at radius 3 is 2.68 bits per heavy atom. The van der Waals surface area contributed by atoms with Gasteiger partial charge in [-0.1, -0.05) is 0 Å². The topological polar surface area (TPSA) is 72.2 Å². The summed E-state index contributed by atoms with van der Waals surface area (Å²) >= 11 is 4.54. The van der Waals surface area contributed by atoms with E-state index in [1.807, 2.05) is 0 Å². The summed E-state index contributed by atoms with van der Waals surface area (Å²) in [4.78, 5) is 21.5. The lowest BCUT2D eigenvalue weighted by Gasteiger charge is -2.04. The molecule has 1 N–H and O–H groups in total. The van der Waals surface area contributed by atoms with E-state index in [0.29, 0.717) is 5.56 Å². The largest absolute Gasteiger partial charge is 0.319 e. The fourth-order valence-corrected chi connectivity index (χ4v) is 2.48. The molecule has 1 amide bonds. The summed E-state index contributed by atoms with van der Waals surface area (Å²) in [5, 5.41) is 14.4. The maximum atomic E-state index is 13.6. The Bertz CT molecular complexity index is 659. The molecule has 98 valence electrons. The van der Waals surface area contributed by atoms with Crippen molar-refractivity contribution < 1.29 is 14.1 Å². The third-order valence-corrected chi connectivity index (χ3v) is 3.75. The Kier molecular flexibility index (Phi) is 3.91. The van der Waals surface area contributed by atoms with E-state index in [-0.39, 0.29) is 11.4 Å². The minimum Gasteiger partial charge on any atom is -0.319 e. The van der Waals surface area contributed by atoms with E-state index in [9.17, 15) is 19.3 Å². The number of hydrogen-bond donors (Lipinski definition) is 1. The number of amides is 1. The number of rotatable bonds is 3. The molecule has 1 heterocycles. The van der Waals surface area contributed by atoms with Crippen LogP contribution in [-0.4, -0.2) is 10.8 Å². The number of nitro groups is 1. The first kappa shape index (κ1) is 13.6. The van der Waals surface area contributed by atoms with Gasteiger partial charge >= 0.3 is 0 Å². The lowest BCUT2D eigenvalue weighted by molar-refractivity contribution is -0.385. The molecule has 0 saturated carbocycles. The lowest BCUT2D eigenvalue weighted by Crippen LogP contribution is -2.12. The number of halogens is 2. The number of carbonyl (C=O) groups excluding carboxylic acids is 1. The number of thiophene rings is 1. The number of carbonyl (C=O) groups is 1. The maximum Gasteiger partial charge on any atom is 0.272 e. The van der Waals surface area contributed by atoms with Gasteiger partial charge in [0, 0.05) is 11.4 Å². The number of non-ortho nitro benzene ring substituents is 1. The van der Waals surface area contributed by atoms with Crippen LogP contribution in [0.3, 0.4) is 0 Å². The lowest BCUT2D eigenvalue weighted by atomic mass is 10.2. The molecule has 2 aromatic rings. The first-order valence-electron chi connectivity index (χ1n) is 4.96. The van der Waals surface area contributed by atoms with Crippen molar-refractivity contribution in [1.29, 1.82) is 0 Å². The molecule has 0 bridgehead atoms. The predicted octanol–water partition coefficient (Wildman–Crippen LogP) is 3.81. The predicted molar refractivity (Wildman–Crippen MR) is 73.0 cm³/mol. The van der Waals surface area contributed by atoms with Crippen LogP contribution in [-0.2, 0) is 0 Å². The van der Waals surface area contributed by atoms with E-state index in [2.05, 4.69) is 21.2 Å². The van der Waals surface area contributed by atoms with Crippen molar-refractivity contribution in [2.75, 3.05) is 5.32 Å². The van der Waals surface area contributed by atoms with Gasteiger partial charge in [0.2, 0.25) is 0 Å². The molecule has 0 atom stereocenters. The van der Waals surface area contributed by atoms with Gasteiger partial charge in [0.05, 0.1) is 26.0 Å². The molecule has 0 spiro atoms. The molecule has 1 aromatic heterocycles. The third-order valence-electron chi connectivity index (χ3n) is 2.24. The van der Waals surface area contributed by atoms with Gasteiger partial charge < -0.3 is 5.32 Å². The van der Waals surface area contributed by atoms with E-state index < -0.39 is 16.6 Å². The minimum atomic E-state index is -0.850. The zero-order chi connectivity index (χ0) is 14.0. The number of anilines is 1. The molecule has 0 unspecified atom stereocenters. The van der Waals surface area contributed by atoms with E-state index in [1.165, 1.54) is 11.3 Å². The molecule has 0 radical (unpaired) electrons. The Morgan fingerprint density at radius 1 is 1.42 bits per heavy atom. The van der Waals surface area contributed by atoms with Crippen LogP contribution in [0.5, 0.6) is 0 Å². The fraction of sp³-hybridized carbons (Fsp3) is 0. The number of hydrogen-bond acceptors (Lipinski definition) is 4. The highest BCUT2D eigenvalue weighted by Gasteiger charge is 2.14. The molecular weight excluding hydrogens is 339 g/mol. The number of benzene rings is 1. The summed E-state index contributed by atoms with van der Waals surface area (Å²) in [6.07, 6.45) is 0. The summed E-state index contributed by atoms with van der Waals surface area (Å²) < 4.78 is 14.3. The van der Waals surface area contributed by atoms with Gasteiger partial charge in [-0.05, 0) is 28.1 Å². The Labute approximate surface area is 119 Å². The monoisotopic (exact) mass is 344 g/mol. The van der Waals surface area contributed by atoms with Gasteiger partial charge in [0.25, 0.3) is 11.6 Å². The Balaban J connectivity index is 2.20. The van der Waals surface area contributed by atoms with Crippen LogP contribution in [0.15, 0.2) is 33.4 Å². The van der Waals surface area contributed by atoms with Gasteiger partial charge in [-0.3, -0.25) is 14.9 Å². The van der Waals surface area contributed by atoms with Crippen LogP contribution in [0, 0.1) is 15.9 Å². The standard InChI is InChI=1S/C11H6BrFN2O3S/c12-10-3-6(5-19-10)11(16)14-9-2-1-7(15(17)18)4-8(9)13/h1-5H,(H,14,16).